The lowest BCUT2D eigenvalue weighted by Gasteiger charge is -2.25. The zero-order valence-electron chi connectivity index (χ0n) is 18.5. The van der Waals surface area contributed by atoms with Gasteiger partial charge >= 0.3 is 0 Å². The molecule has 0 heterocycles. The van der Waals surface area contributed by atoms with E-state index in [4.69, 9.17) is 0 Å². The van der Waals surface area contributed by atoms with Crippen LogP contribution in [0.5, 0.6) is 0 Å². The van der Waals surface area contributed by atoms with E-state index in [9.17, 15) is 0 Å². The number of nitrogens with zero attached hydrogens (tertiary/aromatic N) is 4. The first-order chi connectivity index (χ1) is 10.8. The molecule has 150 valence electrons. The van der Waals surface area contributed by atoms with Crippen molar-refractivity contribution in [3.8, 4) is 0 Å². The van der Waals surface area contributed by atoms with E-state index >= 15 is 0 Å². The minimum Gasteiger partial charge on any atom is -0.378 e. The minimum atomic E-state index is 0. The fourth-order valence-corrected chi connectivity index (χ4v) is 1.70. The smallest absolute Gasteiger partial charge is 0.132 e. The Balaban J connectivity index is -0.000000358. The van der Waals surface area contributed by atoms with E-state index in [1.807, 2.05) is 13.8 Å². The van der Waals surface area contributed by atoms with Crippen LogP contribution in [0.2, 0.25) is 0 Å². The first-order valence-electron chi connectivity index (χ1n) is 8.87. The van der Waals surface area contributed by atoms with Crippen molar-refractivity contribution in [3.63, 3.8) is 0 Å². The molecule has 0 aliphatic carbocycles. The van der Waals surface area contributed by atoms with Crippen LogP contribution >= 0.6 is 0 Å². The molecule has 0 N–H and O–H groups in total. The first kappa shape index (κ1) is 28.7. The van der Waals surface area contributed by atoms with Crippen molar-refractivity contribution >= 4 is 11.4 Å². The maximum absolute atomic E-state index is 2.21. The Morgan fingerprint density at radius 2 is 1.16 bits per heavy atom. The minimum absolute atomic E-state index is 0. The first-order valence-corrected chi connectivity index (χ1v) is 8.87. The number of benzene rings is 1. The predicted octanol–water partition coefficient (Wildman–Crippen LogP) is 3.87. The standard InChI is InChI=1S/C11H19N2.C7H19N2.C2H6.CH4/c1-12(2)10-6-8-11(9-7-10)13(3,4)5;1-8(2)6-7-9(3,4)5;1-2;/h6-9H,1-5H3;6-7H2,1-5H3;1-2H3;1H4/q2*+1;;. The second-order valence-electron chi connectivity index (χ2n) is 8.24. The highest BCUT2D eigenvalue weighted by atomic mass is 15.3. The molecule has 0 atom stereocenters. The molecule has 1 aromatic carbocycles. The van der Waals surface area contributed by atoms with Gasteiger partial charge in [-0.05, 0) is 26.2 Å². The molecule has 0 spiro atoms. The molecular formula is C21H48N4+2. The summed E-state index contributed by atoms with van der Waals surface area (Å²) in [4.78, 5) is 4.32. The highest BCUT2D eigenvalue weighted by molar-refractivity contribution is 5.53. The van der Waals surface area contributed by atoms with Gasteiger partial charge in [0.2, 0.25) is 0 Å². The number of hydrogen-bond acceptors (Lipinski definition) is 2. The number of anilines is 1. The summed E-state index contributed by atoms with van der Waals surface area (Å²) in [6.07, 6.45) is 0. The monoisotopic (exact) mass is 356 g/mol. The van der Waals surface area contributed by atoms with Gasteiger partial charge in [0.05, 0.1) is 48.8 Å². The molecule has 0 aromatic heterocycles. The summed E-state index contributed by atoms with van der Waals surface area (Å²) < 4.78 is 1.92. The molecule has 0 aliphatic heterocycles. The van der Waals surface area contributed by atoms with Crippen molar-refractivity contribution < 1.29 is 4.48 Å². The van der Waals surface area contributed by atoms with E-state index in [1.54, 1.807) is 0 Å². The summed E-state index contributed by atoms with van der Waals surface area (Å²) in [6, 6.07) is 8.66. The largest absolute Gasteiger partial charge is 0.378 e. The Hall–Kier alpha value is -1.10. The number of rotatable bonds is 5. The highest BCUT2D eigenvalue weighted by Crippen LogP contribution is 2.20. The lowest BCUT2D eigenvalue weighted by molar-refractivity contribution is -0.869. The maximum Gasteiger partial charge on any atom is 0.132 e. The van der Waals surface area contributed by atoms with Crippen LogP contribution in [0, 0.1) is 0 Å². The van der Waals surface area contributed by atoms with E-state index in [0.717, 1.165) is 8.97 Å². The topological polar surface area (TPSA) is 6.48 Å². The van der Waals surface area contributed by atoms with Crippen LogP contribution < -0.4 is 9.38 Å². The number of hydrogen-bond donors (Lipinski definition) is 0. The average molecular weight is 357 g/mol. The predicted molar refractivity (Wildman–Crippen MR) is 120 cm³/mol. The molecular weight excluding hydrogens is 308 g/mol. The average Bonchev–Trinajstić information content (AvgIpc) is 2.46. The third kappa shape index (κ3) is 16.1. The van der Waals surface area contributed by atoms with Crippen LogP contribution in [0.25, 0.3) is 0 Å². The summed E-state index contributed by atoms with van der Waals surface area (Å²) in [5.41, 5.74) is 2.57. The van der Waals surface area contributed by atoms with Crippen LogP contribution in [0.4, 0.5) is 11.4 Å². The molecule has 4 nitrogen and oxygen atoms in total. The summed E-state index contributed by atoms with van der Waals surface area (Å²) in [6.45, 7) is 6.39. The molecule has 0 unspecified atom stereocenters. The van der Waals surface area contributed by atoms with Crippen LogP contribution in [-0.4, -0.2) is 92.9 Å². The van der Waals surface area contributed by atoms with Gasteiger partial charge in [0.25, 0.3) is 0 Å². The lowest BCUT2D eigenvalue weighted by Crippen LogP contribution is -2.40. The van der Waals surface area contributed by atoms with E-state index < -0.39 is 0 Å². The lowest BCUT2D eigenvalue weighted by atomic mass is 10.2. The van der Waals surface area contributed by atoms with E-state index in [2.05, 4.69) is 105 Å². The second-order valence-corrected chi connectivity index (χ2v) is 8.24. The molecule has 0 fully saturated rings. The van der Waals surface area contributed by atoms with Crippen LogP contribution in [0.1, 0.15) is 21.3 Å². The molecule has 0 aliphatic rings. The van der Waals surface area contributed by atoms with Gasteiger partial charge in [-0.1, -0.05) is 21.3 Å². The zero-order chi connectivity index (χ0) is 19.6. The van der Waals surface area contributed by atoms with Gasteiger partial charge in [-0.15, -0.1) is 0 Å². The molecule has 0 saturated carbocycles. The van der Waals surface area contributed by atoms with Gasteiger partial charge in [-0.2, -0.15) is 0 Å². The van der Waals surface area contributed by atoms with E-state index in [0.29, 0.717) is 0 Å². The van der Waals surface area contributed by atoms with Gasteiger partial charge in [0.1, 0.15) is 5.69 Å². The highest BCUT2D eigenvalue weighted by Gasteiger charge is 2.11. The molecule has 1 aromatic rings. The third-order valence-electron chi connectivity index (χ3n) is 3.36. The second kappa shape index (κ2) is 13.2. The molecule has 0 bridgehead atoms. The van der Waals surface area contributed by atoms with E-state index in [-0.39, 0.29) is 7.43 Å². The third-order valence-corrected chi connectivity index (χ3v) is 3.36. The van der Waals surface area contributed by atoms with Crippen molar-refractivity contribution in [1.82, 2.24) is 9.38 Å². The van der Waals surface area contributed by atoms with Gasteiger partial charge in [0.15, 0.2) is 0 Å². The fraction of sp³-hybridized carbons (Fsp3) is 0.714. The molecule has 4 heteroatoms. The Bertz CT molecular complexity index is 409. The molecule has 0 amide bonds. The normalized spacial score (nSPS) is 10.8. The summed E-state index contributed by atoms with van der Waals surface area (Å²) in [7, 11) is 21.5. The Morgan fingerprint density at radius 3 is 1.36 bits per heavy atom. The SMILES string of the molecule is C.CC.CN(C)CC[N+](C)(C)C.CN(C)c1ccc([N+](C)(C)C)cc1. The van der Waals surface area contributed by atoms with Crippen molar-refractivity contribution in [1.29, 1.82) is 0 Å². The van der Waals surface area contributed by atoms with Gasteiger partial charge in [-0.3, -0.25) is 4.48 Å². The molecule has 0 saturated heterocycles. The van der Waals surface area contributed by atoms with Crippen molar-refractivity contribution in [2.75, 3.05) is 88.5 Å². The van der Waals surface area contributed by atoms with Gasteiger partial charge in [-0.25, -0.2) is 0 Å². The number of quaternary nitrogens is 2. The van der Waals surface area contributed by atoms with Crippen molar-refractivity contribution in [2.24, 2.45) is 0 Å². The zero-order valence-corrected chi connectivity index (χ0v) is 18.5. The quantitative estimate of drug-likeness (QED) is 0.739. The van der Waals surface area contributed by atoms with Gasteiger partial charge < -0.3 is 14.3 Å². The van der Waals surface area contributed by atoms with E-state index in [1.165, 1.54) is 24.5 Å². The van der Waals surface area contributed by atoms with Crippen LogP contribution in [-0.2, 0) is 0 Å². The molecule has 1 rings (SSSR count). The fourth-order valence-electron chi connectivity index (χ4n) is 1.70. The van der Waals surface area contributed by atoms with Crippen LogP contribution in [0.15, 0.2) is 24.3 Å². The Labute approximate surface area is 159 Å². The van der Waals surface area contributed by atoms with Crippen molar-refractivity contribution in [3.05, 3.63) is 24.3 Å². The summed E-state index contributed by atoms with van der Waals surface area (Å²) >= 11 is 0. The van der Waals surface area contributed by atoms with Crippen molar-refractivity contribution in [2.45, 2.75) is 21.3 Å². The summed E-state index contributed by atoms with van der Waals surface area (Å²) in [5.74, 6) is 0. The Morgan fingerprint density at radius 1 is 0.760 bits per heavy atom. The van der Waals surface area contributed by atoms with Crippen LogP contribution in [0.3, 0.4) is 0 Å². The summed E-state index contributed by atoms with van der Waals surface area (Å²) in [5, 5.41) is 0. The Kier molecular flexibility index (Phi) is 15.1. The molecule has 0 radical (unpaired) electrons. The molecule has 25 heavy (non-hydrogen) atoms. The number of likely N-dealkylation sites (N-methyl/N-ethyl adjacent to an activating group) is 2. The maximum atomic E-state index is 2.21. The van der Waals surface area contributed by atoms with Gasteiger partial charge in [0, 0.05) is 38.5 Å².